The average Bonchev–Trinajstić information content (AvgIpc) is 2.40. The molecule has 19 heavy (non-hydrogen) atoms. The maximum absolute atomic E-state index is 12.4. The van der Waals surface area contributed by atoms with Gasteiger partial charge in [0.05, 0.1) is 0 Å². The fourth-order valence-electron chi connectivity index (χ4n) is 1.66. The fraction of sp³-hybridized carbons (Fsp3) is 0.0667. The van der Waals surface area contributed by atoms with Gasteiger partial charge >= 0.3 is 5.51 Å². The zero-order valence-electron chi connectivity index (χ0n) is 9.89. The Balaban J connectivity index is 2.40. The first kappa shape index (κ1) is 13.7. The summed E-state index contributed by atoms with van der Waals surface area (Å²) in [4.78, 5) is 0. The van der Waals surface area contributed by atoms with E-state index in [0.29, 0.717) is 5.57 Å². The molecule has 0 spiro atoms. The molecule has 0 aliphatic heterocycles. The van der Waals surface area contributed by atoms with E-state index in [1.165, 1.54) is 0 Å². The molecule has 2 aromatic carbocycles. The number of halogens is 3. The van der Waals surface area contributed by atoms with Gasteiger partial charge in [0, 0.05) is 0 Å². The van der Waals surface area contributed by atoms with Crippen molar-refractivity contribution in [3.8, 4) is 0 Å². The molecule has 0 atom stereocenters. The highest BCUT2D eigenvalue weighted by atomic mass is 32.2. The number of benzene rings is 2. The molecule has 0 bridgehead atoms. The van der Waals surface area contributed by atoms with Gasteiger partial charge in [-0.2, -0.15) is 13.2 Å². The summed E-state index contributed by atoms with van der Waals surface area (Å²) in [7, 11) is 0. The third-order valence-corrected chi connectivity index (χ3v) is 3.10. The Kier molecular flexibility index (Phi) is 4.32. The van der Waals surface area contributed by atoms with Crippen molar-refractivity contribution < 1.29 is 13.2 Å². The molecule has 2 rings (SSSR count). The Morgan fingerprint density at radius 2 is 1.21 bits per heavy atom. The van der Waals surface area contributed by atoms with Gasteiger partial charge in [0.25, 0.3) is 0 Å². The normalized spacial score (nSPS) is 11.1. The largest absolute Gasteiger partial charge is 0.445 e. The number of hydrogen-bond donors (Lipinski definition) is 0. The van der Waals surface area contributed by atoms with Crippen molar-refractivity contribution in [2.45, 2.75) is 5.51 Å². The van der Waals surface area contributed by atoms with Gasteiger partial charge in [0.15, 0.2) is 0 Å². The zero-order chi connectivity index (χ0) is 13.7. The van der Waals surface area contributed by atoms with Crippen molar-refractivity contribution >= 4 is 17.3 Å². The number of alkyl halides is 3. The molecule has 0 amide bonds. The van der Waals surface area contributed by atoms with Crippen molar-refractivity contribution in [1.82, 2.24) is 0 Å². The van der Waals surface area contributed by atoms with Crippen molar-refractivity contribution in [2.24, 2.45) is 0 Å². The van der Waals surface area contributed by atoms with Gasteiger partial charge in [-0.25, -0.2) is 0 Å². The van der Waals surface area contributed by atoms with Gasteiger partial charge in [0.1, 0.15) is 0 Å². The maximum Gasteiger partial charge on any atom is 0.445 e. The predicted octanol–water partition coefficient (Wildman–Crippen LogP) is 5.33. The molecular formula is C15H11F3S. The van der Waals surface area contributed by atoms with Crippen molar-refractivity contribution in [3.05, 3.63) is 77.2 Å². The second-order valence-electron chi connectivity index (χ2n) is 3.83. The van der Waals surface area contributed by atoms with Gasteiger partial charge in [0.2, 0.25) is 0 Å². The Morgan fingerprint density at radius 3 is 1.58 bits per heavy atom. The van der Waals surface area contributed by atoms with Crippen LogP contribution in [0.4, 0.5) is 13.2 Å². The van der Waals surface area contributed by atoms with Crippen LogP contribution in [0.1, 0.15) is 11.1 Å². The first-order valence-electron chi connectivity index (χ1n) is 5.62. The molecule has 2 aromatic rings. The van der Waals surface area contributed by atoms with Crippen molar-refractivity contribution in [3.63, 3.8) is 0 Å². The molecule has 0 radical (unpaired) electrons. The van der Waals surface area contributed by atoms with E-state index < -0.39 is 5.51 Å². The van der Waals surface area contributed by atoms with Crippen LogP contribution in [0.15, 0.2) is 66.1 Å². The average molecular weight is 280 g/mol. The topological polar surface area (TPSA) is 0 Å². The molecule has 0 aliphatic rings. The minimum atomic E-state index is -4.27. The summed E-state index contributed by atoms with van der Waals surface area (Å²) >= 11 is -0.131. The second kappa shape index (κ2) is 5.97. The molecule has 0 heterocycles. The van der Waals surface area contributed by atoms with E-state index in [0.717, 1.165) is 16.5 Å². The Morgan fingerprint density at radius 1 is 0.789 bits per heavy atom. The molecule has 0 aliphatic carbocycles. The molecule has 0 fully saturated rings. The lowest BCUT2D eigenvalue weighted by Crippen LogP contribution is -1.97. The second-order valence-corrected chi connectivity index (χ2v) is 4.76. The first-order valence-corrected chi connectivity index (χ1v) is 6.50. The van der Waals surface area contributed by atoms with E-state index in [4.69, 9.17) is 0 Å². The molecule has 4 heteroatoms. The highest BCUT2D eigenvalue weighted by Crippen LogP contribution is 2.35. The van der Waals surface area contributed by atoms with Crippen LogP contribution in [-0.4, -0.2) is 5.51 Å². The van der Waals surface area contributed by atoms with E-state index in [1.807, 2.05) is 36.4 Å². The van der Waals surface area contributed by atoms with Gasteiger partial charge in [-0.15, -0.1) is 0 Å². The fourth-order valence-corrected chi connectivity index (χ4v) is 2.19. The van der Waals surface area contributed by atoms with Crippen LogP contribution >= 0.6 is 11.8 Å². The van der Waals surface area contributed by atoms with Crippen molar-refractivity contribution in [2.75, 3.05) is 0 Å². The van der Waals surface area contributed by atoms with Gasteiger partial charge in [-0.3, -0.25) is 0 Å². The van der Waals surface area contributed by atoms with Crippen LogP contribution in [0.3, 0.4) is 0 Å². The minimum absolute atomic E-state index is 0.131. The van der Waals surface area contributed by atoms with E-state index in [-0.39, 0.29) is 11.8 Å². The summed E-state index contributed by atoms with van der Waals surface area (Å²) < 4.78 is 37.1. The summed E-state index contributed by atoms with van der Waals surface area (Å²) in [6, 6.07) is 18.1. The molecule has 98 valence electrons. The van der Waals surface area contributed by atoms with Crippen LogP contribution in [0.25, 0.3) is 5.57 Å². The molecule has 0 saturated heterocycles. The van der Waals surface area contributed by atoms with Crippen LogP contribution < -0.4 is 0 Å². The molecule has 0 nitrogen and oxygen atoms in total. The molecule has 0 unspecified atom stereocenters. The molecule has 0 aromatic heterocycles. The number of hydrogen-bond acceptors (Lipinski definition) is 1. The van der Waals surface area contributed by atoms with Crippen LogP contribution in [0.5, 0.6) is 0 Å². The van der Waals surface area contributed by atoms with Crippen LogP contribution in [0.2, 0.25) is 0 Å². The monoisotopic (exact) mass is 280 g/mol. The number of rotatable bonds is 3. The lowest BCUT2D eigenvalue weighted by Gasteiger charge is -2.09. The third kappa shape index (κ3) is 4.17. The summed E-state index contributed by atoms with van der Waals surface area (Å²) in [5.41, 5.74) is -2.16. The molecule has 0 N–H and O–H groups in total. The summed E-state index contributed by atoms with van der Waals surface area (Å²) in [6.45, 7) is 0. The number of thioether (sulfide) groups is 1. The molecular weight excluding hydrogens is 269 g/mol. The standard InChI is InChI=1S/C15H11F3S/c16-15(17,18)19-11-14(12-7-3-1-4-8-12)13-9-5-2-6-10-13/h1-11H. The minimum Gasteiger partial charge on any atom is -0.160 e. The summed E-state index contributed by atoms with van der Waals surface area (Å²) in [5, 5.41) is 1.16. The van der Waals surface area contributed by atoms with E-state index in [2.05, 4.69) is 0 Å². The van der Waals surface area contributed by atoms with Gasteiger partial charge in [-0.05, 0) is 33.9 Å². The maximum atomic E-state index is 12.4. The summed E-state index contributed by atoms with van der Waals surface area (Å²) in [6.07, 6.45) is 0. The lowest BCUT2D eigenvalue weighted by atomic mass is 10.00. The highest BCUT2D eigenvalue weighted by molar-refractivity contribution is 8.03. The van der Waals surface area contributed by atoms with Crippen LogP contribution in [-0.2, 0) is 0 Å². The SMILES string of the molecule is FC(F)(F)SC=C(c1ccccc1)c1ccccc1. The molecule has 0 saturated carbocycles. The van der Waals surface area contributed by atoms with Crippen molar-refractivity contribution in [1.29, 1.82) is 0 Å². The Labute approximate surface area is 114 Å². The summed E-state index contributed by atoms with van der Waals surface area (Å²) in [5.74, 6) is 0. The Bertz CT molecular complexity index is 503. The zero-order valence-corrected chi connectivity index (χ0v) is 10.7. The van der Waals surface area contributed by atoms with E-state index >= 15 is 0 Å². The lowest BCUT2D eigenvalue weighted by molar-refractivity contribution is -0.0319. The van der Waals surface area contributed by atoms with Gasteiger partial charge < -0.3 is 0 Å². The van der Waals surface area contributed by atoms with E-state index in [1.54, 1.807) is 24.3 Å². The highest BCUT2D eigenvalue weighted by Gasteiger charge is 2.27. The van der Waals surface area contributed by atoms with E-state index in [9.17, 15) is 13.2 Å². The van der Waals surface area contributed by atoms with Crippen LogP contribution in [0, 0.1) is 0 Å². The Hall–Kier alpha value is -1.68. The van der Waals surface area contributed by atoms with Gasteiger partial charge in [-0.1, -0.05) is 60.7 Å². The third-order valence-electron chi connectivity index (χ3n) is 2.48. The first-order chi connectivity index (χ1) is 9.06. The quantitative estimate of drug-likeness (QED) is 0.732. The smallest absolute Gasteiger partial charge is 0.160 e. The predicted molar refractivity (Wildman–Crippen MR) is 73.6 cm³/mol.